The quantitative estimate of drug-likeness (QED) is 0.273. The molecular formula is CH6NNaO4S. The van der Waals surface area contributed by atoms with E-state index in [0.29, 0.717) is 0 Å². The number of carbonyl (C=O) groups is 1. The second kappa shape index (κ2) is 25.2. The maximum absolute atomic E-state index is 8.56. The number of rotatable bonds is 0. The Labute approximate surface area is 71.8 Å². The normalized spacial score (nSPS) is 8.25. The molecule has 46 valence electrons. The maximum atomic E-state index is 8.56. The van der Waals surface area contributed by atoms with Crippen LogP contribution in [0.1, 0.15) is 0 Å². The van der Waals surface area contributed by atoms with Crippen LogP contribution in [-0.4, -0.2) is 20.1 Å². The fraction of sp³-hybridized carbons (Fsp3) is 0. The molecule has 1 atom stereocenters. The Hall–Kier alpha value is 0.700. The third-order valence-electron chi connectivity index (χ3n) is 0. The van der Waals surface area contributed by atoms with E-state index in [-0.39, 0.29) is 35.7 Å². The molecule has 0 aromatic carbocycles. The van der Waals surface area contributed by atoms with Crippen molar-refractivity contribution in [3.8, 4) is 0 Å². The molecule has 8 heavy (non-hydrogen) atoms. The Bertz CT molecular complexity index is 47.3. The van der Waals surface area contributed by atoms with Crippen molar-refractivity contribution in [3.05, 3.63) is 0 Å². The van der Waals surface area contributed by atoms with E-state index in [0.717, 1.165) is 0 Å². The van der Waals surface area contributed by atoms with E-state index >= 15 is 0 Å². The van der Waals surface area contributed by atoms with Gasteiger partial charge >= 0.3 is 29.6 Å². The zero-order valence-corrected chi connectivity index (χ0v) is 7.31. The van der Waals surface area contributed by atoms with E-state index in [4.69, 9.17) is 18.1 Å². The molecule has 0 amide bonds. The van der Waals surface area contributed by atoms with Gasteiger partial charge in [-0.15, -0.1) is 0 Å². The Kier molecular flexibility index (Phi) is 73.7. The van der Waals surface area contributed by atoms with Crippen molar-refractivity contribution in [1.29, 1.82) is 0 Å². The van der Waals surface area contributed by atoms with E-state index in [1.807, 2.05) is 6.79 Å². The van der Waals surface area contributed by atoms with Gasteiger partial charge in [0.05, 0.1) is 11.4 Å². The summed E-state index contributed by atoms with van der Waals surface area (Å²) in [5, 5.41) is 0. The smallest absolute Gasteiger partial charge is 0.750 e. The minimum absolute atomic E-state index is 0. The second-order valence-corrected chi connectivity index (χ2v) is 0.651. The van der Waals surface area contributed by atoms with Crippen LogP contribution in [0.3, 0.4) is 0 Å². The average Bonchev–Trinajstić information content (AvgIpc) is 1.41. The summed E-state index contributed by atoms with van der Waals surface area (Å²) < 4.78 is 24.1. The van der Waals surface area contributed by atoms with Crippen LogP contribution in [0.4, 0.5) is 0 Å². The molecule has 0 aliphatic carbocycles. The predicted molar refractivity (Wildman–Crippen MR) is 23.7 cm³/mol. The first-order valence-electron chi connectivity index (χ1n) is 0.805. The van der Waals surface area contributed by atoms with Gasteiger partial charge in [-0.3, -0.25) is 0 Å². The maximum Gasteiger partial charge on any atom is 1.00 e. The summed E-state index contributed by atoms with van der Waals surface area (Å²) in [6, 6.07) is 0. The van der Waals surface area contributed by atoms with Crippen molar-refractivity contribution in [3.63, 3.8) is 0 Å². The van der Waals surface area contributed by atoms with E-state index in [1.54, 1.807) is 0 Å². The number of carbonyl (C=O) groups excluding carboxylic acids is 1. The van der Waals surface area contributed by atoms with Crippen molar-refractivity contribution in [2.24, 2.45) is 0 Å². The van der Waals surface area contributed by atoms with Gasteiger partial charge in [0.1, 0.15) is 6.79 Å². The Morgan fingerprint density at radius 1 is 1.50 bits per heavy atom. The van der Waals surface area contributed by atoms with E-state index in [2.05, 4.69) is 0 Å². The molecule has 0 bridgehead atoms. The molecule has 0 spiro atoms. The minimum Gasteiger partial charge on any atom is -0.750 e. The van der Waals surface area contributed by atoms with Crippen molar-refractivity contribution < 1.29 is 47.7 Å². The molecular weight excluding hydrogens is 145 g/mol. The van der Waals surface area contributed by atoms with Crippen LogP contribution in [0.2, 0.25) is 0 Å². The standard InChI is InChI=1S/CH2O.H3N.Na.H2O3S/c1-2;;;1-4(2)3/h1H2;1H3;;(H2,1,2,3)/q;;+1;/p-1. The van der Waals surface area contributed by atoms with Gasteiger partial charge in [0, 0.05) is 0 Å². The third kappa shape index (κ3) is 444. The van der Waals surface area contributed by atoms with Crippen LogP contribution in [-0.2, 0) is 16.2 Å². The van der Waals surface area contributed by atoms with Gasteiger partial charge in [-0.2, -0.15) is 0 Å². The van der Waals surface area contributed by atoms with Crippen LogP contribution < -0.4 is 35.7 Å². The van der Waals surface area contributed by atoms with Crippen LogP contribution in [0, 0.1) is 0 Å². The monoisotopic (exact) mass is 151 g/mol. The summed E-state index contributed by atoms with van der Waals surface area (Å²) in [5.74, 6) is 0. The Morgan fingerprint density at radius 3 is 1.50 bits per heavy atom. The molecule has 4 N–H and O–H groups in total. The van der Waals surface area contributed by atoms with Gasteiger partial charge in [-0.1, -0.05) is 0 Å². The first-order valence-corrected chi connectivity index (χ1v) is 1.84. The third-order valence-corrected chi connectivity index (χ3v) is 0. The Morgan fingerprint density at radius 2 is 1.50 bits per heavy atom. The molecule has 0 heterocycles. The van der Waals surface area contributed by atoms with E-state index in [1.165, 1.54) is 0 Å². The zero-order valence-electron chi connectivity index (χ0n) is 4.49. The van der Waals surface area contributed by atoms with Gasteiger partial charge in [-0.25, -0.2) is 4.21 Å². The SMILES string of the molecule is C=O.N.O=S([O-])O.[Na+]. The molecule has 0 radical (unpaired) electrons. The molecule has 0 saturated carbocycles. The van der Waals surface area contributed by atoms with E-state index < -0.39 is 11.4 Å². The largest absolute Gasteiger partial charge is 1.00 e. The zero-order chi connectivity index (χ0) is 5.58. The molecule has 0 aromatic heterocycles. The van der Waals surface area contributed by atoms with Crippen LogP contribution >= 0.6 is 0 Å². The van der Waals surface area contributed by atoms with Gasteiger partial charge in [0.25, 0.3) is 0 Å². The Balaban J connectivity index is -0.0000000183. The average molecular weight is 151 g/mol. The molecule has 0 fully saturated rings. The fourth-order valence-corrected chi connectivity index (χ4v) is 0. The van der Waals surface area contributed by atoms with Crippen molar-refractivity contribution >= 4 is 18.2 Å². The second-order valence-electron chi connectivity index (χ2n) is 0.217. The van der Waals surface area contributed by atoms with Crippen molar-refractivity contribution in [2.75, 3.05) is 0 Å². The van der Waals surface area contributed by atoms with Gasteiger partial charge in [-0.05, 0) is 0 Å². The van der Waals surface area contributed by atoms with E-state index in [9.17, 15) is 0 Å². The van der Waals surface area contributed by atoms with Gasteiger partial charge in [0.2, 0.25) is 0 Å². The topological polar surface area (TPSA) is 112 Å². The summed E-state index contributed by atoms with van der Waals surface area (Å²) >= 11 is -2.86. The summed E-state index contributed by atoms with van der Waals surface area (Å²) in [7, 11) is 0. The molecule has 0 aliphatic heterocycles. The van der Waals surface area contributed by atoms with Crippen molar-refractivity contribution in [1.82, 2.24) is 6.15 Å². The van der Waals surface area contributed by atoms with Gasteiger partial charge < -0.3 is 20.1 Å². The van der Waals surface area contributed by atoms with Crippen LogP contribution in [0.5, 0.6) is 0 Å². The molecule has 0 aliphatic rings. The number of hydrogen-bond acceptors (Lipinski definition) is 4. The van der Waals surface area contributed by atoms with Crippen molar-refractivity contribution in [2.45, 2.75) is 0 Å². The summed E-state index contributed by atoms with van der Waals surface area (Å²) in [6.07, 6.45) is 0. The number of hydrogen-bond donors (Lipinski definition) is 2. The first kappa shape index (κ1) is 23.4. The summed E-state index contributed by atoms with van der Waals surface area (Å²) in [5.41, 5.74) is 0. The minimum atomic E-state index is -2.86. The summed E-state index contributed by atoms with van der Waals surface area (Å²) in [6.45, 7) is 2.00. The molecule has 0 aromatic rings. The van der Waals surface area contributed by atoms with Gasteiger partial charge in [0.15, 0.2) is 0 Å². The summed E-state index contributed by atoms with van der Waals surface area (Å²) in [4.78, 5) is 8.00. The van der Waals surface area contributed by atoms with Crippen LogP contribution in [0.15, 0.2) is 0 Å². The molecule has 7 heteroatoms. The molecule has 0 rings (SSSR count). The predicted octanol–water partition coefficient (Wildman–Crippen LogP) is -3.68. The fourth-order valence-electron chi connectivity index (χ4n) is 0. The molecule has 1 unspecified atom stereocenters. The molecule has 5 nitrogen and oxygen atoms in total. The first-order chi connectivity index (χ1) is 2.73. The molecule has 0 saturated heterocycles. The van der Waals surface area contributed by atoms with Crippen LogP contribution in [0.25, 0.3) is 0 Å².